The van der Waals surface area contributed by atoms with E-state index in [2.05, 4.69) is 18.5 Å². The number of ether oxygens (including phenoxy) is 3. The Morgan fingerprint density at radius 3 is 2.32 bits per heavy atom. The van der Waals surface area contributed by atoms with Crippen molar-refractivity contribution in [1.29, 1.82) is 0 Å². The standard InChI is InChI=1S/C46H49N3O8/c1-4-6-21-38(51)47-35(29-55-3)41(32-18-11-8-12-19-32)56-45(54)39-37-24-25-46(57-37)40(39)43(52)49(36(28-50)31-16-9-7-10-17-31)42(46)44(53)48(26-5-2)34-23-22-30-15-13-14-20-33(30)27-34/h4-5,7-20,22-23,27,35-37,39-42,50H,1-2,6,21,24-26,28-29H2,3H3,(H,47,51)/t35-,36+,37+,39-,40-,41-,42+,46-/m0/s1. The van der Waals surface area contributed by atoms with Crippen LogP contribution in [-0.4, -0.2) is 84.4 Å². The number of hydrogen-bond donors (Lipinski definition) is 2. The topological polar surface area (TPSA) is 135 Å². The van der Waals surface area contributed by atoms with Gasteiger partial charge in [-0.15, -0.1) is 13.2 Å². The molecule has 4 aromatic rings. The van der Waals surface area contributed by atoms with Gasteiger partial charge in [0.25, 0.3) is 5.91 Å². The fourth-order valence-electron chi connectivity index (χ4n) is 9.07. The highest BCUT2D eigenvalue weighted by Gasteiger charge is 2.76. The molecule has 3 aliphatic heterocycles. The lowest BCUT2D eigenvalue weighted by Crippen LogP contribution is -2.57. The molecule has 4 aromatic carbocycles. The minimum atomic E-state index is -1.39. The molecule has 0 radical (unpaired) electrons. The second-order valence-corrected chi connectivity index (χ2v) is 14.9. The van der Waals surface area contributed by atoms with Crippen LogP contribution < -0.4 is 10.2 Å². The Balaban J connectivity index is 1.28. The number of carbonyl (C=O) groups excluding carboxylic acids is 4. The molecular formula is C46H49N3O8. The zero-order valence-electron chi connectivity index (χ0n) is 32.1. The molecule has 3 saturated heterocycles. The molecule has 0 unspecified atom stereocenters. The first-order valence-electron chi connectivity index (χ1n) is 19.5. The van der Waals surface area contributed by atoms with Crippen molar-refractivity contribution < 1.29 is 38.5 Å². The Labute approximate surface area is 332 Å². The number of fused-ring (bicyclic) bond motifs is 2. The first-order valence-corrected chi connectivity index (χ1v) is 19.5. The largest absolute Gasteiger partial charge is 0.455 e. The van der Waals surface area contributed by atoms with Crippen LogP contribution in [0.5, 0.6) is 0 Å². The maximum Gasteiger partial charge on any atom is 0.313 e. The van der Waals surface area contributed by atoms with Gasteiger partial charge in [0.2, 0.25) is 11.8 Å². The normalized spacial score (nSPS) is 23.7. The summed E-state index contributed by atoms with van der Waals surface area (Å²) < 4.78 is 18.7. The van der Waals surface area contributed by atoms with E-state index in [1.807, 2.05) is 78.9 Å². The summed E-state index contributed by atoms with van der Waals surface area (Å²) in [6, 6.07) is 28.8. The van der Waals surface area contributed by atoms with Crippen molar-refractivity contribution in [1.82, 2.24) is 10.2 Å². The number of anilines is 1. The van der Waals surface area contributed by atoms with Gasteiger partial charge in [0, 0.05) is 25.8 Å². The zero-order valence-corrected chi connectivity index (χ0v) is 32.1. The molecule has 3 heterocycles. The van der Waals surface area contributed by atoms with Crippen LogP contribution in [0, 0.1) is 11.8 Å². The number of rotatable bonds is 17. The van der Waals surface area contributed by atoms with Crippen LogP contribution in [-0.2, 0) is 33.4 Å². The summed E-state index contributed by atoms with van der Waals surface area (Å²) in [4.78, 5) is 61.3. The van der Waals surface area contributed by atoms with Crippen molar-refractivity contribution in [3.05, 3.63) is 140 Å². The molecule has 2 bridgehead atoms. The van der Waals surface area contributed by atoms with Gasteiger partial charge in [-0.1, -0.05) is 103 Å². The lowest BCUT2D eigenvalue weighted by molar-refractivity contribution is -0.163. The Kier molecular flexibility index (Phi) is 12.0. The molecule has 3 amide bonds. The molecule has 296 valence electrons. The van der Waals surface area contributed by atoms with Crippen molar-refractivity contribution >= 4 is 40.2 Å². The zero-order chi connectivity index (χ0) is 40.1. The number of methoxy groups -OCH3 is 1. The average molecular weight is 772 g/mol. The molecule has 7 rings (SSSR count). The number of aliphatic hydroxyl groups excluding tert-OH is 1. The van der Waals surface area contributed by atoms with Crippen molar-refractivity contribution in [3.8, 4) is 0 Å². The summed E-state index contributed by atoms with van der Waals surface area (Å²) >= 11 is 0. The molecule has 2 N–H and O–H groups in total. The van der Waals surface area contributed by atoms with E-state index in [-0.39, 0.29) is 25.5 Å². The van der Waals surface area contributed by atoms with Crippen LogP contribution in [0.2, 0.25) is 0 Å². The molecule has 57 heavy (non-hydrogen) atoms. The van der Waals surface area contributed by atoms with Crippen molar-refractivity contribution in [2.75, 3.05) is 31.8 Å². The van der Waals surface area contributed by atoms with E-state index >= 15 is 9.59 Å². The minimum absolute atomic E-state index is 0.0388. The molecule has 0 aliphatic carbocycles. The predicted octanol–water partition coefficient (Wildman–Crippen LogP) is 5.85. The summed E-state index contributed by atoms with van der Waals surface area (Å²) in [5, 5.41) is 15.9. The maximum absolute atomic E-state index is 15.3. The lowest BCUT2D eigenvalue weighted by atomic mass is 9.70. The highest BCUT2D eigenvalue weighted by atomic mass is 16.6. The monoisotopic (exact) mass is 771 g/mol. The lowest BCUT2D eigenvalue weighted by Gasteiger charge is -2.39. The molecule has 3 aliphatic rings. The molecular weight excluding hydrogens is 723 g/mol. The van der Waals surface area contributed by atoms with Gasteiger partial charge >= 0.3 is 5.97 Å². The predicted molar refractivity (Wildman–Crippen MR) is 216 cm³/mol. The Morgan fingerprint density at radius 1 is 0.965 bits per heavy atom. The van der Waals surface area contributed by atoms with E-state index in [0.717, 1.165) is 10.8 Å². The van der Waals surface area contributed by atoms with Gasteiger partial charge in [-0.2, -0.15) is 0 Å². The number of benzene rings is 4. The first-order chi connectivity index (χ1) is 27.8. The Morgan fingerprint density at radius 2 is 1.65 bits per heavy atom. The van der Waals surface area contributed by atoms with Crippen molar-refractivity contribution in [2.45, 2.75) is 61.6 Å². The maximum atomic E-state index is 15.3. The number of nitrogens with zero attached hydrogens (tertiary/aromatic N) is 2. The number of amides is 3. The van der Waals surface area contributed by atoms with E-state index in [0.29, 0.717) is 36.1 Å². The van der Waals surface area contributed by atoms with Crippen LogP contribution in [0.3, 0.4) is 0 Å². The SMILES string of the molecule is C=CCCC(=O)N[C@@H](COC)[C@@H](OC(=O)[C@@H]1[C@H]2C(=O)N([C@H](CO)c3ccccc3)[C@H](C(=O)N(CC=C)c3ccc4ccccc4c3)[C@]23CC[C@H]1O3)c1ccccc1. The van der Waals surface area contributed by atoms with Crippen molar-refractivity contribution in [3.63, 3.8) is 0 Å². The van der Waals surface area contributed by atoms with Gasteiger partial charge in [0.05, 0.1) is 43.2 Å². The quantitative estimate of drug-likeness (QED) is 0.101. The first kappa shape index (κ1) is 39.6. The van der Waals surface area contributed by atoms with Crippen LogP contribution in [0.4, 0.5) is 5.69 Å². The molecule has 0 aromatic heterocycles. The summed E-state index contributed by atoms with van der Waals surface area (Å²) in [6.07, 6.45) is 3.01. The number of likely N-dealkylation sites (tertiary alicyclic amines) is 1. The third-order valence-electron chi connectivity index (χ3n) is 11.6. The van der Waals surface area contributed by atoms with Crippen molar-refractivity contribution in [2.24, 2.45) is 11.8 Å². The molecule has 0 saturated carbocycles. The second kappa shape index (κ2) is 17.3. The van der Waals surface area contributed by atoms with Gasteiger partial charge in [-0.3, -0.25) is 19.2 Å². The number of nitrogens with one attached hydrogen (secondary N) is 1. The van der Waals surface area contributed by atoms with E-state index in [1.165, 1.54) is 12.0 Å². The summed E-state index contributed by atoms with van der Waals surface area (Å²) in [5.41, 5.74) is 0.479. The van der Waals surface area contributed by atoms with Gasteiger partial charge in [0.15, 0.2) is 0 Å². The Bertz CT molecular complexity index is 2110. The second-order valence-electron chi connectivity index (χ2n) is 14.9. The van der Waals surface area contributed by atoms with Crippen LogP contribution >= 0.6 is 0 Å². The molecule has 8 atom stereocenters. The summed E-state index contributed by atoms with van der Waals surface area (Å²) in [5.74, 6) is -3.97. The number of esters is 1. The number of aliphatic hydroxyl groups is 1. The van der Waals surface area contributed by atoms with E-state index in [1.54, 1.807) is 41.3 Å². The highest BCUT2D eigenvalue weighted by Crippen LogP contribution is 2.60. The van der Waals surface area contributed by atoms with Crippen LogP contribution in [0.1, 0.15) is 49.0 Å². The number of carbonyl (C=O) groups is 4. The third-order valence-corrected chi connectivity index (χ3v) is 11.6. The smallest absolute Gasteiger partial charge is 0.313 e. The fraction of sp³-hybridized carbons (Fsp3) is 0.348. The van der Waals surface area contributed by atoms with Crippen LogP contribution in [0.15, 0.2) is 128 Å². The molecule has 3 fully saturated rings. The van der Waals surface area contributed by atoms with E-state index < -0.39 is 72.2 Å². The fourth-order valence-corrected chi connectivity index (χ4v) is 9.07. The average Bonchev–Trinajstić information content (AvgIpc) is 3.89. The minimum Gasteiger partial charge on any atom is -0.455 e. The van der Waals surface area contributed by atoms with Gasteiger partial charge in [-0.25, -0.2) is 0 Å². The van der Waals surface area contributed by atoms with Gasteiger partial charge in [0.1, 0.15) is 17.7 Å². The third kappa shape index (κ3) is 7.50. The van der Waals surface area contributed by atoms with Gasteiger partial charge in [-0.05, 0) is 53.3 Å². The Hall–Kier alpha value is -5.62. The molecule has 11 heteroatoms. The van der Waals surface area contributed by atoms with E-state index in [4.69, 9.17) is 14.2 Å². The summed E-state index contributed by atoms with van der Waals surface area (Å²) in [6.45, 7) is 7.35. The van der Waals surface area contributed by atoms with Crippen LogP contribution in [0.25, 0.3) is 10.8 Å². The molecule has 1 spiro atoms. The highest BCUT2D eigenvalue weighted by molar-refractivity contribution is 6.05. The van der Waals surface area contributed by atoms with Gasteiger partial charge < -0.3 is 34.4 Å². The number of hydrogen-bond acceptors (Lipinski definition) is 8. The molecule has 11 nitrogen and oxygen atoms in total. The number of allylic oxidation sites excluding steroid dienone is 1. The summed E-state index contributed by atoms with van der Waals surface area (Å²) in [7, 11) is 1.50. The van der Waals surface area contributed by atoms with E-state index in [9.17, 15) is 14.7 Å².